The van der Waals surface area contributed by atoms with E-state index in [0.717, 1.165) is 18.4 Å². The van der Waals surface area contributed by atoms with Gasteiger partial charge in [-0.1, -0.05) is 37.6 Å². The Kier molecular flexibility index (Phi) is 7.21. The fraction of sp³-hybridized carbons (Fsp3) is 0.269. The summed E-state index contributed by atoms with van der Waals surface area (Å²) in [5, 5.41) is 19.8. The van der Waals surface area contributed by atoms with Crippen molar-refractivity contribution in [1.82, 2.24) is 19.5 Å². The minimum absolute atomic E-state index is 0.0891. The number of H-pyrrole nitrogens is 1. The number of nitrogens with zero attached hydrogens (tertiary/aromatic N) is 4. The van der Waals surface area contributed by atoms with Crippen molar-refractivity contribution >= 4 is 33.6 Å². The second-order valence-corrected chi connectivity index (χ2v) is 8.05. The number of para-hydroxylation sites is 4. The summed E-state index contributed by atoms with van der Waals surface area (Å²) in [6.45, 7) is 2.15. The molecule has 2 N–H and O–H groups in total. The summed E-state index contributed by atoms with van der Waals surface area (Å²) in [7, 11) is 0. The topological polar surface area (TPSA) is 134 Å². The van der Waals surface area contributed by atoms with E-state index in [0.29, 0.717) is 23.1 Å². The van der Waals surface area contributed by atoms with Gasteiger partial charge in [0.25, 0.3) is 5.56 Å². The maximum absolute atomic E-state index is 13.0. The van der Waals surface area contributed by atoms with E-state index >= 15 is 0 Å². The number of hydrogen-bond donors (Lipinski definition) is 2. The highest BCUT2D eigenvalue weighted by molar-refractivity contribution is 5.83. The van der Waals surface area contributed by atoms with Gasteiger partial charge >= 0.3 is 5.97 Å². The van der Waals surface area contributed by atoms with Crippen molar-refractivity contribution in [3.63, 3.8) is 0 Å². The maximum atomic E-state index is 13.0. The van der Waals surface area contributed by atoms with Gasteiger partial charge in [-0.05, 0) is 30.7 Å². The highest BCUT2D eigenvalue weighted by Crippen LogP contribution is 2.19. The average Bonchev–Trinajstić information content (AvgIpc) is 3.30. The molecule has 0 aliphatic heterocycles. The first-order valence-corrected chi connectivity index (χ1v) is 11.4. The quantitative estimate of drug-likeness (QED) is 0.214. The molecule has 0 bridgehead atoms. The molecule has 0 radical (unpaired) electrons. The number of hydrogen-bond acceptors (Lipinski definition) is 7. The Morgan fingerprint density at radius 1 is 1.14 bits per heavy atom. The summed E-state index contributed by atoms with van der Waals surface area (Å²) in [5.74, 6) is -0.839. The maximum Gasteiger partial charge on any atom is 0.306 e. The van der Waals surface area contributed by atoms with Gasteiger partial charge in [-0.2, -0.15) is 5.26 Å². The predicted molar refractivity (Wildman–Crippen MR) is 131 cm³/mol. The fourth-order valence-corrected chi connectivity index (χ4v) is 3.79. The summed E-state index contributed by atoms with van der Waals surface area (Å²) < 4.78 is 6.85. The summed E-state index contributed by atoms with van der Waals surface area (Å²) in [6.07, 6.45) is 1.82. The third-order valence-corrected chi connectivity index (χ3v) is 5.62. The van der Waals surface area contributed by atoms with E-state index < -0.39 is 18.3 Å². The molecule has 0 saturated carbocycles. The molecule has 4 aromatic rings. The lowest BCUT2D eigenvalue weighted by Crippen LogP contribution is -2.26. The first kappa shape index (κ1) is 23.7. The van der Waals surface area contributed by atoms with Crippen molar-refractivity contribution in [3.05, 3.63) is 76.2 Å². The number of nitriles is 1. The van der Waals surface area contributed by atoms with Gasteiger partial charge in [0.15, 0.2) is 11.6 Å². The van der Waals surface area contributed by atoms with Crippen molar-refractivity contribution in [1.29, 1.82) is 5.26 Å². The number of aromatic nitrogens is 4. The van der Waals surface area contributed by atoms with Crippen LogP contribution in [-0.4, -0.2) is 37.2 Å². The molecule has 9 heteroatoms. The van der Waals surface area contributed by atoms with Crippen LogP contribution in [0.4, 0.5) is 0 Å². The molecule has 0 aliphatic rings. The molecule has 4 rings (SSSR count). The van der Waals surface area contributed by atoms with Crippen LogP contribution in [0.5, 0.6) is 0 Å². The van der Waals surface area contributed by atoms with Gasteiger partial charge in [-0.25, -0.2) is 9.97 Å². The van der Waals surface area contributed by atoms with Gasteiger partial charge < -0.3 is 19.4 Å². The van der Waals surface area contributed by atoms with E-state index in [1.165, 1.54) is 0 Å². The molecule has 2 aromatic heterocycles. The lowest BCUT2D eigenvalue weighted by atomic mass is 10.2. The van der Waals surface area contributed by atoms with E-state index in [4.69, 9.17) is 4.74 Å². The zero-order chi connectivity index (χ0) is 24.8. The van der Waals surface area contributed by atoms with Crippen LogP contribution in [0.15, 0.2) is 59.1 Å². The van der Waals surface area contributed by atoms with Crippen molar-refractivity contribution in [3.8, 4) is 6.07 Å². The summed E-state index contributed by atoms with van der Waals surface area (Å²) in [4.78, 5) is 37.0. The Balaban J connectivity index is 1.45. The number of imidazole rings is 1. The standard InChI is InChI=1S/C26H25N5O4/c1-2-3-14-31-22-11-7-6-10-20(22)28-21(26(31)34)12-13-24(33)35-16-23(32)17(15-27)25-29-18-8-4-5-9-19(18)30-25/h4-11,32H,2-3,12-14,16H2,1H3,(H,29,30). The number of rotatable bonds is 9. The molecule has 0 spiro atoms. The number of aryl methyl sites for hydroxylation is 2. The molecular weight excluding hydrogens is 446 g/mol. The van der Waals surface area contributed by atoms with Crippen LogP contribution in [0, 0.1) is 11.3 Å². The van der Waals surface area contributed by atoms with E-state index in [9.17, 15) is 20.0 Å². The molecule has 0 fully saturated rings. The number of carbonyl (C=O) groups is 1. The number of aliphatic hydroxyl groups excluding tert-OH is 1. The number of unbranched alkanes of at least 4 members (excludes halogenated alkanes) is 1. The number of carbonyl (C=O) groups excluding carboxylic acids is 1. The smallest absolute Gasteiger partial charge is 0.306 e. The largest absolute Gasteiger partial charge is 0.507 e. The van der Waals surface area contributed by atoms with Gasteiger partial charge in [0.1, 0.15) is 23.9 Å². The van der Waals surface area contributed by atoms with Gasteiger partial charge in [0.05, 0.1) is 28.5 Å². The molecular formula is C26H25N5O4. The number of esters is 1. The molecule has 0 amide bonds. The van der Waals surface area contributed by atoms with Crippen LogP contribution in [-0.2, 0) is 22.5 Å². The number of allylic oxidation sites excluding steroid dienone is 1. The third kappa shape index (κ3) is 5.22. The van der Waals surface area contributed by atoms with E-state index in [1.54, 1.807) is 16.7 Å². The summed E-state index contributed by atoms with van der Waals surface area (Å²) in [6, 6.07) is 16.5. The normalized spacial score (nSPS) is 11.9. The highest BCUT2D eigenvalue weighted by atomic mass is 16.5. The van der Waals surface area contributed by atoms with Gasteiger partial charge in [0.2, 0.25) is 0 Å². The number of aliphatic hydroxyl groups is 1. The highest BCUT2D eigenvalue weighted by Gasteiger charge is 2.16. The van der Waals surface area contributed by atoms with E-state index in [-0.39, 0.29) is 35.5 Å². The molecule has 2 aromatic carbocycles. The lowest BCUT2D eigenvalue weighted by Gasteiger charge is -2.12. The van der Waals surface area contributed by atoms with E-state index in [2.05, 4.69) is 21.9 Å². The molecule has 9 nitrogen and oxygen atoms in total. The third-order valence-electron chi connectivity index (χ3n) is 5.62. The van der Waals surface area contributed by atoms with Gasteiger partial charge in [-0.3, -0.25) is 9.59 Å². The van der Waals surface area contributed by atoms with Crippen molar-refractivity contribution in [2.75, 3.05) is 6.61 Å². The van der Waals surface area contributed by atoms with E-state index in [1.807, 2.05) is 42.5 Å². The van der Waals surface area contributed by atoms with Crippen LogP contribution < -0.4 is 5.56 Å². The predicted octanol–water partition coefficient (Wildman–Crippen LogP) is 4.04. The Morgan fingerprint density at radius 3 is 2.63 bits per heavy atom. The molecule has 178 valence electrons. The summed E-state index contributed by atoms with van der Waals surface area (Å²) >= 11 is 0. The minimum Gasteiger partial charge on any atom is -0.507 e. The number of ether oxygens (including phenoxy) is 1. The Morgan fingerprint density at radius 2 is 1.89 bits per heavy atom. The molecule has 0 unspecified atom stereocenters. The second kappa shape index (κ2) is 10.7. The monoisotopic (exact) mass is 471 g/mol. The molecule has 0 atom stereocenters. The minimum atomic E-state index is -0.618. The van der Waals surface area contributed by atoms with Crippen LogP contribution >= 0.6 is 0 Å². The second-order valence-electron chi connectivity index (χ2n) is 8.05. The zero-order valence-corrected chi connectivity index (χ0v) is 19.3. The molecule has 0 saturated heterocycles. The number of nitrogens with one attached hydrogen (secondary N) is 1. The first-order valence-electron chi connectivity index (χ1n) is 11.4. The van der Waals surface area contributed by atoms with Crippen LogP contribution in [0.3, 0.4) is 0 Å². The average molecular weight is 472 g/mol. The Bertz CT molecular complexity index is 1480. The van der Waals surface area contributed by atoms with Crippen molar-refractivity contribution in [2.45, 2.75) is 39.2 Å². The molecule has 35 heavy (non-hydrogen) atoms. The van der Waals surface area contributed by atoms with Gasteiger partial charge in [0, 0.05) is 13.0 Å². The Labute approximate surface area is 201 Å². The van der Waals surface area contributed by atoms with Gasteiger partial charge in [-0.15, -0.1) is 0 Å². The SMILES string of the molecule is CCCCn1c(=O)c(CCC(=O)OCC(O)=C(C#N)c2nc3ccccc3[nH]2)nc2ccccc21. The molecule has 2 heterocycles. The summed E-state index contributed by atoms with van der Waals surface area (Å²) in [5.41, 5.74) is 2.78. The first-order chi connectivity index (χ1) is 17.0. The van der Waals surface area contributed by atoms with Crippen LogP contribution in [0.2, 0.25) is 0 Å². The fourth-order valence-electron chi connectivity index (χ4n) is 3.79. The number of fused-ring (bicyclic) bond motifs is 2. The van der Waals surface area contributed by atoms with Crippen molar-refractivity contribution < 1.29 is 14.6 Å². The zero-order valence-electron chi connectivity index (χ0n) is 19.3. The number of aromatic amines is 1. The van der Waals surface area contributed by atoms with Crippen LogP contribution in [0.1, 0.15) is 37.7 Å². The Hall–Kier alpha value is -4.45. The van der Waals surface area contributed by atoms with Crippen LogP contribution in [0.25, 0.3) is 27.6 Å². The van der Waals surface area contributed by atoms with Crippen molar-refractivity contribution in [2.24, 2.45) is 0 Å². The molecule has 0 aliphatic carbocycles. The lowest BCUT2D eigenvalue weighted by molar-refractivity contribution is -0.143. The number of benzene rings is 2.